The molecule has 1 aromatic heterocycles. The predicted octanol–water partition coefficient (Wildman–Crippen LogP) is 2.90. The molecule has 0 radical (unpaired) electrons. The summed E-state index contributed by atoms with van der Waals surface area (Å²) in [5, 5.41) is 2.79. The molecular formula is C19H22N4O3. The largest absolute Gasteiger partial charge is 0.462 e. The van der Waals surface area contributed by atoms with E-state index in [0.29, 0.717) is 23.6 Å². The van der Waals surface area contributed by atoms with Crippen molar-refractivity contribution >= 4 is 23.4 Å². The Balaban J connectivity index is 1.67. The second kappa shape index (κ2) is 8.42. The highest BCUT2D eigenvalue weighted by Crippen LogP contribution is 2.18. The van der Waals surface area contributed by atoms with Crippen molar-refractivity contribution in [2.24, 2.45) is 0 Å². The minimum absolute atomic E-state index is 0.311. The molecule has 26 heavy (non-hydrogen) atoms. The van der Waals surface area contributed by atoms with Gasteiger partial charge in [-0.2, -0.15) is 0 Å². The molecule has 0 atom stereocenters. The van der Waals surface area contributed by atoms with Crippen LogP contribution < -0.4 is 10.2 Å². The van der Waals surface area contributed by atoms with Gasteiger partial charge in [0.25, 0.3) is 5.91 Å². The molecule has 1 aromatic carbocycles. The molecule has 136 valence electrons. The molecule has 1 N–H and O–H groups in total. The van der Waals surface area contributed by atoms with Gasteiger partial charge in [-0.1, -0.05) is 0 Å². The normalized spacial score (nSPS) is 14.0. The minimum Gasteiger partial charge on any atom is -0.462 e. The Bertz CT molecular complexity index is 771. The number of hydrogen-bond acceptors (Lipinski definition) is 6. The van der Waals surface area contributed by atoms with Crippen LogP contribution in [0.1, 0.15) is 47.0 Å². The van der Waals surface area contributed by atoms with E-state index in [9.17, 15) is 9.59 Å². The van der Waals surface area contributed by atoms with Gasteiger partial charge in [-0.15, -0.1) is 0 Å². The maximum Gasteiger partial charge on any atom is 0.338 e. The van der Waals surface area contributed by atoms with Gasteiger partial charge in [0, 0.05) is 24.8 Å². The van der Waals surface area contributed by atoms with E-state index in [0.717, 1.165) is 31.7 Å². The van der Waals surface area contributed by atoms with E-state index in [-0.39, 0.29) is 11.9 Å². The van der Waals surface area contributed by atoms with Gasteiger partial charge in [-0.05, 0) is 50.5 Å². The van der Waals surface area contributed by atoms with Crippen LogP contribution in [0.25, 0.3) is 0 Å². The first-order valence-corrected chi connectivity index (χ1v) is 8.83. The van der Waals surface area contributed by atoms with Crippen LogP contribution in [0.15, 0.2) is 36.7 Å². The summed E-state index contributed by atoms with van der Waals surface area (Å²) in [6.07, 6.45) is 4.93. The molecule has 1 saturated heterocycles. The van der Waals surface area contributed by atoms with Crippen molar-refractivity contribution in [2.45, 2.75) is 26.2 Å². The predicted molar refractivity (Wildman–Crippen MR) is 98.4 cm³/mol. The zero-order valence-corrected chi connectivity index (χ0v) is 14.8. The summed E-state index contributed by atoms with van der Waals surface area (Å²) in [6, 6.07) is 8.28. The first-order valence-electron chi connectivity index (χ1n) is 8.83. The number of hydrogen-bond donors (Lipinski definition) is 1. The lowest BCUT2D eigenvalue weighted by Gasteiger charge is -2.27. The van der Waals surface area contributed by atoms with Crippen LogP contribution in [-0.2, 0) is 4.74 Å². The third-order valence-electron chi connectivity index (χ3n) is 4.22. The van der Waals surface area contributed by atoms with Crippen LogP contribution in [-0.4, -0.2) is 41.5 Å². The van der Waals surface area contributed by atoms with Crippen molar-refractivity contribution < 1.29 is 14.3 Å². The van der Waals surface area contributed by atoms with E-state index in [1.165, 1.54) is 12.7 Å². The zero-order valence-electron chi connectivity index (χ0n) is 14.8. The van der Waals surface area contributed by atoms with Crippen LogP contribution in [0, 0.1) is 0 Å². The Morgan fingerprint density at radius 1 is 1.12 bits per heavy atom. The number of ether oxygens (including phenoxy) is 1. The number of nitrogens with one attached hydrogen (secondary N) is 1. The smallest absolute Gasteiger partial charge is 0.338 e. The number of rotatable bonds is 5. The molecule has 2 heterocycles. The molecule has 2 aromatic rings. The SMILES string of the molecule is CCOC(=O)c1ccc(NC(=O)c2cc(N3CCCCC3)ncn2)cc1. The summed E-state index contributed by atoms with van der Waals surface area (Å²) in [4.78, 5) is 34.7. The topological polar surface area (TPSA) is 84.4 Å². The molecule has 0 saturated carbocycles. The lowest BCUT2D eigenvalue weighted by atomic mass is 10.1. The lowest BCUT2D eigenvalue weighted by Crippen LogP contribution is -2.30. The number of amides is 1. The van der Waals surface area contributed by atoms with E-state index in [1.54, 1.807) is 37.3 Å². The van der Waals surface area contributed by atoms with Gasteiger partial charge in [-0.3, -0.25) is 4.79 Å². The molecule has 1 fully saturated rings. The van der Waals surface area contributed by atoms with Crippen LogP contribution in [0.2, 0.25) is 0 Å². The molecule has 3 rings (SSSR count). The minimum atomic E-state index is -0.382. The third kappa shape index (κ3) is 4.36. The van der Waals surface area contributed by atoms with Gasteiger partial charge in [0.15, 0.2) is 0 Å². The Morgan fingerprint density at radius 2 is 1.85 bits per heavy atom. The monoisotopic (exact) mass is 354 g/mol. The summed E-state index contributed by atoms with van der Waals surface area (Å²) in [5.74, 6) is 0.0874. The Morgan fingerprint density at radius 3 is 2.54 bits per heavy atom. The average molecular weight is 354 g/mol. The van der Waals surface area contributed by atoms with E-state index in [1.807, 2.05) is 0 Å². The van der Waals surface area contributed by atoms with Crippen molar-refractivity contribution in [3.63, 3.8) is 0 Å². The quantitative estimate of drug-likeness (QED) is 0.831. The second-order valence-corrected chi connectivity index (χ2v) is 6.06. The maximum atomic E-state index is 12.5. The van der Waals surface area contributed by atoms with Crippen molar-refractivity contribution in [1.82, 2.24) is 9.97 Å². The third-order valence-corrected chi connectivity index (χ3v) is 4.22. The molecule has 7 heteroatoms. The van der Waals surface area contributed by atoms with E-state index >= 15 is 0 Å². The zero-order chi connectivity index (χ0) is 18.4. The van der Waals surface area contributed by atoms with E-state index < -0.39 is 0 Å². The molecule has 1 amide bonds. The summed E-state index contributed by atoms with van der Waals surface area (Å²) in [5.41, 5.74) is 1.34. The Hall–Kier alpha value is -2.96. The summed E-state index contributed by atoms with van der Waals surface area (Å²) in [6.45, 7) is 3.98. The number of nitrogens with zero attached hydrogens (tertiary/aromatic N) is 3. The fourth-order valence-corrected chi connectivity index (χ4v) is 2.87. The van der Waals surface area contributed by atoms with Crippen molar-refractivity contribution in [3.05, 3.63) is 47.9 Å². The van der Waals surface area contributed by atoms with Crippen molar-refractivity contribution in [1.29, 1.82) is 0 Å². The van der Waals surface area contributed by atoms with Gasteiger partial charge in [0.2, 0.25) is 0 Å². The number of carbonyl (C=O) groups is 2. The van der Waals surface area contributed by atoms with Crippen molar-refractivity contribution in [3.8, 4) is 0 Å². The summed E-state index contributed by atoms with van der Waals surface area (Å²) >= 11 is 0. The number of carbonyl (C=O) groups excluding carboxylic acids is 2. The van der Waals surface area contributed by atoms with Gasteiger partial charge >= 0.3 is 5.97 Å². The lowest BCUT2D eigenvalue weighted by molar-refractivity contribution is 0.0526. The highest BCUT2D eigenvalue weighted by Gasteiger charge is 2.15. The van der Waals surface area contributed by atoms with Gasteiger partial charge in [0.1, 0.15) is 17.8 Å². The highest BCUT2D eigenvalue weighted by molar-refractivity contribution is 6.03. The molecule has 7 nitrogen and oxygen atoms in total. The number of benzene rings is 1. The fourth-order valence-electron chi connectivity index (χ4n) is 2.87. The van der Waals surface area contributed by atoms with Gasteiger partial charge < -0.3 is 15.0 Å². The molecule has 0 bridgehead atoms. The molecule has 1 aliphatic heterocycles. The van der Waals surface area contributed by atoms with Gasteiger partial charge in [-0.25, -0.2) is 14.8 Å². The molecule has 1 aliphatic rings. The summed E-state index contributed by atoms with van der Waals surface area (Å²) < 4.78 is 4.94. The second-order valence-electron chi connectivity index (χ2n) is 6.06. The highest BCUT2D eigenvalue weighted by atomic mass is 16.5. The van der Waals surface area contributed by atoms with Crippen molar-refractivity contribution in [2.75, 3.05) is 29.9 Å². The number of piperidine rings is 1. The standard InChI is InChI=1S/C19H22N4O3/c1-2-26-19(25)14-6-8-15(9-7-14)22-18(24)16-12-17(21-13-20-16)23-10-4-3-5-11-23/h6-9,12-13H,2-5,10-11H2,1H3,(H,22,24). The van der Waals surface area contributed by atoms with Crippen LogP contribution in [0.4, 0.5) is 11.5 Å². The number of aromatic nitrogens is 2. The van der Waals surface area contributed by atoms with E-state index in [4.69, 9.17) is 4.74 Å². The number of esters is 1. The average Bonchev–Trinajstić information content (AvgIpc) is 2.69. The molecule has 0 aliphatic carbocycles. The number of anilines is 2. The molecule has 0 spiro atoms. The van der Waals surface area contributed by atoms with Crippen LogP contribution in [0.5, 0.6) is 0 Å². The van der Waals surface area contributed by atoms with E-state index in [2.05, 4.69) is 20.2 Å². The molecular weight excluding hydrogens is 332 g/mol. The first-order chi connectivity index (χ1) is 12.7. The Kier molecular flexibility index (Phi) is 5.78. The van der Waals surface area contributed by atoms with Gasteiger partial charge in [0.05, 0.1) is 12.2 Å². The first kappa shape index (κ1) is 17.8. The Labute approximate surface area is 152 Å². The van der Waals surface area contributed by atoms with Crippen LogP contribution >= 0.6 is 0 Å². The molecule has 0 unspecified atom stereocenters. The van der Waals surface area contributed by atoms with Crippen LogP contribution in [0.3, 0.4) is 0 Å². The fraction of sp³-hybridized carbons (Fsp3) is 0.368. The maximum absolute atomic E-state index is 12.5. The summed E-state index contributed by atoms with van der Waals surface area (Å²) in [7, 11) is 0.